The molecule has 1 N–H and O–H groups in total. The lowest BCUT2D eigenvalue weighted by Crippen LogP contribution is -2.50. The molecule has 3 heteroatoms. The second-order valence-electron chi connectivity index (χ2n) is 11.8. The highest BCUT2D eigenvalue weighted by Gasteiger charge is 2.59. The Morgan fingerprint density at radius 3 is 2.57 bits per heavy atom. The van der Waals surface area contributed by atoms with Crippen molar-refractivity contribution in [2.45, 2.75) is 98.3 Å². The van der Waals surface area contributed by atoms with Gasteiger partial charge in [-0.15, -0.1) is 0 Å². The highest BCUT2D eigenvalue weighted by atomic mass is 16.4. The number of fused-ring (bicyclic) bond motifs is 5. The van der Waals surface area contributed by atoms with Crippen LogP contribution in [0.1, 0.15) is 98.3 Å². The van der Waals surface area contributed by atoms with Gasteiger partial charge < -0.3 is 5.11 Å². The normalized spacial score (nSPS) is 42.5. The lowest BCUT2D eigenvalue weighted by atomic mass is 9.46. The van der Waals surface area contributed by atoms with Crippen molar-refractivity contribution in [2.75, 3.05) is 0 Å². The molecular weight excluding hydrogens is 372 g/mol. The van der Waals surface area contributed by atoms with Gasteiger partial charge in [-0.1, -0.05) is 46.1 Å². The van der Waals surface area contributed by atoms with Crippen molar-refractivity contribution in [2.24, 2.45) is 46.3 Å². The highest BCUT2D eigenvalue weighted by molar-refractivity contribution is 5.91. The van der Waals surface area contributed by atoms with E-state index in [0.29, 0.717) is 17.1 Å². The first-order chi connectivity index (χ1) is 14.2. The molecule has 0 heterocycles. The van der Waals surface area contributed by atoms with Crippen molar-refractivity contribution in [3.63, 3.8) is 0 Å². The van der Waals surface area contributed by atoms with Gasteiger partial charge in [-0.05, 0) is 97.9 Å². The van der Waals surface area contributed by atoms with Crippen LogP contribution in [0, 0.1) is 46.3 Å². The lowest BCUT2D eigenvalue weighted by Gasteiger charge is -2.58. The quantitative estimate of drug-likeness (QED) is 0.528. The molecule has 0 unspecified atom stereocenters. The summed E-state index contributed by atoms with van der Waals surface area (Å²) in [6.45, 7) is 9.35. The smallest absolute Gasteiger partial charge is 0.306 e. The number of allylic oxidation sites excluding steroid dienone is 1. The number of hydrogen-bond donors (Lipinski definition) is 1. The molecular formula is C27H42O3. The Kier molecular flexibility index (Phi) is 5.96. The Morgan fingerprint density at radius 2 is 1.83 bits per heavy atom. The number of carbonyl (C=O) groups is 2. The summed E-state index contributed by atoms with van der Waals surface area (Å²) in [4.78, 5) is 23.2. The SMILES string of the molecule is C[C@H](CCC[C@H](C)C(=O)O)[C@H]1CC[C@H]2[C@@H]3CCC4=CC(=O)CC[C@]4(C)[C@H]3CC[C@]12C. The van der Waals surface area contributed by atoms with Gasteiger partial charge in [-0.25, -0.2) is 0 Å². The number of rotatable bonds is 6. The first-order valence-electron chi connectivity index (χ1n) is 12.6. The average Bonchev–Trinajstić information content (AvgIpc) is 3.05. The van der Waals surface area contributed by atoms with E-state index in [-0.39, 0.29) is 11.3 Å². The van der Waals surface area contributed by atoms with Gasteiger partial charge in [-0.2, -0.15) is 0 Å². The van der Waals surface area contributed by atoms with E-state index in [9.17, 15) is 9.59 Å². The van der Waals surface area contributed by atoms with E-state index in [2.05, 4.69) is 20.8 Å². The minimum atomic E-state index is -0.655. The third-order valence-corrected chi connectivity index (χ3v) is 10.4. The Hall–Kier alpha value is -1.12. The van der Waals surface area contributed by atoms with Gasteiger partial charge in [0.25, 0.3) is 0 Å². The number of carbonyl (C=O) groups excluding carboxylic acids is 1. The molecule has 3 nitrogen and oxygen atoms in total. The lowest BCUT2D eigenvalue weighted by molar-refractivity contribution is -0.141. The van der Waals surface area contributed by atoms with Crippen LogP contribution in [0.4, 0.5) is 0 Å². The number of hydrogen-bond acceptors (Lipinski definition) is 2. The van der Waals surface area contributed by atoms with E-state index in [1.807, 2.05) is 13.0 Å². The van der Waals surface area contributed by atoms with E-state index in [1.165, 1.54) is 44.1 Å². The minimum Gasteiger partial charge on any atom is -0.481 e. The topological polar surface area (TPSA) is 54.4 Å². The molecule has 0 aromatic rings. The van der Waals surface area contributed by atoms with Crippen LogP contribution < -0.4 is 0 Å². The summed E-state index contributed by atoms with van der Waals surface area (Å²) in [7, 11) is 0. The van der Waals surface area contributed by atoms with Gasteiger partial charge in [0, 0.05) is 6.42 Å². The predicted molar refractivity (Wildman–Crippen MR) is 120 cm³/mol. The number of carboxylic acids is 1. The molecule has 0 aliphatic heterocycles. The number of aliphatic carboxylic acids is 1. The van der Waals surface area contributed by atoms with Crippen molar-refractivity contribution >= 4 is 11.8 Å². The highest BCUT2D eigenvalue weighted by Crippen LogP contribution is 2.67. The van der Waals surface area contributed by atoms with Crippen LogP contribution in [0.3, 0.4) is 0 Å². The summed E-state index contributed by atoms with van der Waals surface area (Å²) in [5.74, 6) is 3.43. The summed E-state index contributed by atoms with van der Waals surface area (Å²) in [5.41, 5.74) is 2.20. The molecule has 0 spiro atoms. The Bertz CT molecular complexity index is 724. The maximum absolute atomic E-state index is 12.0. The largest absolute Gasteiger partial charge is 0.481 e. The van der Waals surface area contributed by atoms with Gasteiger partial charge in [0.2, 0.25) is 0 Å². The Morgan fingerprint density at radius 1 is 1.07 bits per heavy atom. The van der Waals surface area contributed by atoms with Crippen LogP contribution in [-0.4, -0.2) is 16.9 Å². The maximum Gasteiger partial charge on any atom is 0.306 e. The van der Waals surface area contributed by atoms with Crippen molar-refractivity contribution in [1.82, 2.24) is 0 Å². The van der Waals surface area contributed by atoms with Gasteiger partial charge in [-0.3, -0.25) is 9.59 Å². The molecule has 0 amide bonds. The summed E-state index contributed by atoms with van der Waals surface area (Å²) in [6, 6.07) is 0. The Labute approximate surface area is 183 Å². The molecule has 0 bridgehead atoms. The van der Waals surface area contributed by atoms with Crippen LogP contribution in [0.25, 0.3) is 0 Å². The molecule has 4 rings (SSSR count). The molecule has 3 fully saturated rings. The van der Waals surface area contributed by atoms with Crippen molar-refractivity contribution in [3.05, 3.63) is 11.6 Å². The second-order valence-corrected chi connectivity index (χ2v) is 11.8. The molecule has 0 radical (unpaired) electrons. The third-order valence-electron chi connectivity index (χ3n) is 10.4. The number of ketones is 1. The first-order valence-corrected chi connectivity index (χ1v) is 12.6. The van der Waals surface area contributed by atoms with Crippen LogP contribution in [0.5, 0.6) is 0 Å². The fraction of sp³-hybridized carbons (Fsp3) is 0.852. The molecule has 4 aliphatic rings. The summed E-state index contributed by atoms with van der Waals surface area (Å²) in [5, 5.41) is 9.16. The second kappa shape index (κ2) is 8.10. The third kappa shape index (κ3) is 3.58. The zero-order valence-corrected chi connectivity index (χ0v) is 19.6. The molecule has 30 heavy (non-hydrogen) atoms. The van der Waals surface area contributed by atoms with E-state index in [4.69, 9.17) is 5.11 Å². The summed E-state index contributed by atoms with van der Waals surface area (Å²) < 4.78 is 0. The van der Waals surface area contributed by atoms with Crippen molar-refractivity contribution in [1.29, 1.82) is 0 Å². The summed E-state index contributed by atoms with van der Waals surface area (Å²) >= 11 is 0. The summed E-state index contributed by atoms with van der Waals surface area (Å²) in [6.07, 6.45) is 14.7. The van der Waals surface area contributed by atoms with Crippen LogP contribution in [0.15, 0.2) is 11.6 Å². The average molecular weight is 415 g/mol. The molecule has 0 aromatic heterocycles. The molecule has 3 saturated carbocycles. The molecule has 8 atom stereocenters. The van der Waals surface area contributed by atoms with E-state index < -0.39 is 5.97 Å². The zero-order chi connectivity index (χ0) is 21.7. The van der Waals surface area contributed by atoms with E-state index in [1.54, 1.807) is 0 Å². The molecule has 4 aliphatic carbocycles. The molecule has 168 valence electrons. The predicted octanol–water partition coefficient (Wildman–Crippen LogP) is 6.66. The van der Waals surface area contributed by atoms with E-state index >= 15 is 0 Å². The number of carboxylic acid groups (broad SMARTS) is 1. The monoisotopic (exact) mass is 414 g/mol. The van der Waals surface area contributed by atoms with Crippen LogP contribution in [0.2, 0.25) is 0 Å². The molecule has 0 saturated heterocycles. The molecule has 0 aromatic carbocycles. The van der Waals surface area contributed by atoms with Crippen LogP contribution >= 0.6 is 0 Å². The maximum atomic E-state index is 12.0. The minimum absolute atomic E-state index is 0.216. The fourth-order valence-corrected chi connectivity index (χ4v) is 8.61. The van der Waals surface area contributed by atoms with Gasteiger partial charge in [0.1, 0.15) is 0 Å². The van der Waals surface area contributed by atoms with Crippen molar-refractivity contribution < 1.29 is 14.7 Å². The fourth-order valence-electron chi connectivity index (χ4n) is 8.61. The van der Waals surface area contributed by atoms with Gasteiger partial charge in [0.05, 0.1) is 5.92 Å². The zero-order valence-electron chi connectivity index (χ0n) is 19.6. The Balaban J connectivity index is 1.44. The standard InChI is InChI=1S/C27H42O3/c1-17(6-5-7-18(2)25(29)30)22-10-11-23-21-9-8-19-16-20(28)12-14-26(19,3)24(21)13-15-27(22,23)4/h16-18,21-24H,5-15H2,1-4H3,(H,29,30)/t17-,18+,21+,22-,23+,24+,26+,27-/m1/s1. The van der Waals surface area contributed by atoms with Crippen molar-refractivity contribution in [3.8, 4) is 0 Å². The van der Waals surface area contributed by atoms with Gasteiger partial charge in [0.15, 0.2) is 5.78 Å². The van der Waals surface area contributed by atoms with Gasteiger partial charge >= 0.3 is 5.97 Å². The van der Waals surface area contributed by atoms with Crippen LogP contribution in [-0.2, 0) is 9.59 Å². The van der Waals surface area contributed by atoms with E-state index in [0.717, 1.165) is 55.8 Å². The first kappa shape index (κ1) is 22.1.